The lowest BCUT2D eigenvalue weighted by atomic mass is 10.0. The van der Waals surface area contributed by atoms with Gasteiger partial charge in [-0.3, -0.25) is 4.79 Å². The van der Waals surface area contributed by atoms with E-state index in [4.69, 9.17) is 37.0 Å². The van der Waals surface area contributed by atoms with Crippen LogP contribution in [-0.4, -0.2) is 57.1 Å². The first-order valence-electron chi connectivity index (χ1n) is 13.8. The number of ketones is 1. The molecule has 0 unspecified atom stereocenters. The van der Waals surface area contributed by atoms with Crippen LogP contribution in [0.3, 0.4) is 0 Å². The number of halogens is 1. The summed E-state index contributed by atoms with van der Waals surface area (Å²) in [5.41, 5.74) is 10.5. The Kier molecular flexibility index (Phi) is 9.45. The van der Waals surface area contributed by atoms with E-state index < -0.39 is 6.10 Å². The molecule has 3 N–H and O–H groups in total. The van der Waals surface area contributed by atoms with Crippen LogP contribution in [0, 0.1) is 6.92 Å². The molecule has 218 valence electrons. The number of fused-ring (bicyclic) bond motifs is 1. The van der Waals surface area contributed by atoms with Crippen molar-refractivity contribution in [2.75, 3.05) is 30.0 Å². The molecule has 1 aliphatic heterocycles. The molecule has 2 aromatic heterocycles. The maximum Gasteiger partial charge on any atom is 0.225 e. The topological polar surface area (TPSA) is 131 Å². The van der Waals surface area contributed by atoms with Crippen LogP contribution in [0.5, 0.6) is 5.75 Å². The number of aliphatic hydroxyl groups excluding tert-OH is 1. The molecule has 4 rings (SSSR count). The van der Waals surface area contributed by atoms with Crippen molar-refractivity contribution < 1.29 is 14.6 Å². The molecule has 41 heavy (non-hydrogen) atoms. The van der Waals surface area contributed by atoms with Crippen LogP contribution in [0.15, 0.2) is 30.1 Å². The van der Waals surface area contributed by atoms with Gasteiger partial charge in [-0.05, 0) is 52.3 Å². The molecule has 0 saturated heterocycles. The summed E-state index contributed by atoms with van der Waals surface area (Å²) < 4.78 is 5.85. The van der Waals surface area contributed by atoms with Crippen molar-refractivity contribution in [2.24, 2.45) is 5.73 Å². The number of anilines is 2. The van der Waals surface area contributed by atoms with Crippen LogP contribution in [-0.2, 0) is 17.9 Å². The van der Waals surface area contributed by atoms with Gasteiger partial charge in [0.2, 0.25) is 5.95 Å². The summed E-state index contributed by atoms with van der Waals surface area (Å²) in [6.45, 7) is 11.1. The number of aliphatic hydroxyl groups is 1. The first kappa shape index (κ1) is 30.2. The molecule has 0 aliphatic carbocycles. The number of aromatic nitrogens is 4. The van der Waals surface area contributed by atoms with E-state index in [1.807, 2.05) is 38.9 Å². The highest BCUT2D eigenvalue weighted by atomic mass is 35.5. The van der Waals surface area contributed by atoms with E-state index in [0.29, 0.717) is 70.4 Å². The molecule has 3 aromatic rings. The summed E-state index contributed by atoms with van der Waals surface area (Å²) in [4.78, 5) is 35.9. The van der Waals surface area contributed by atoms with Crippen LogP contribution >= 0.6 is 11.6 Å². The molecular weight excluding hydrogens is 542 g/mol. The van der Waals surface area contributed by atoms with E-state index in [-0.39, 0.29) is 12.4 Å². The van der Waals surface area contributed by atoms with Crippen LogP contribution in [0.25, 0.3) is 17.0 Å². The molecule has 0 radical (unpaired) electrons. The monoisotopic (exact) mass is 579 g/mol. The third kappa shape index (κ3) is 6.60. The van der Waals surface area contributed by atoms with Crippen molar-refractivity contribution in [3.63, 3.8) is 0 Å². The van der Waals surface area contributed by atoms with Crippen molar-refractivity contribution >= 4 is 34.7 Å². The maximum absolute atomic E-state index is 12.7. The highest BCUT2D eigenvalue weighted by Crippen LogP contribution is 2.36. The molecule has 1 aromatic carbocycles. The second-order valence-electron chi connectivity index (χ2n) is 10.4. The summed E-state index contributed by atoms with van der Waals surface area (Å²) >= 11 is 6.66. The predicted octanol–water partition coefficient (Wildman–Crippen LogP) is 4.69. The lowest BCUT2D eigenvalue weighted by molar-refractivity contribution is -0.111. The average molecular weight is 580 g/mol. The number of nitrogens with zero attached hydrogens (tertiary/aromatic N) is 6. The van der Waals surface area contributed by atoms with E-state index in [1.54, 1.807) is 25.1 Å². The molecule has 0 spiro atoms. The van der Waals surface area contributed by atoms with Gasteiger partial charge in [0.05, 0.1) is 34.6 Å². The number of hydrogen-bond acceptors (Lipinski definition) is 10. The summed E-state index contributed by atoms with van der Waals surface area (Å²) in [7, 11) is 1.96. The molecule has 10 nitrogen and oxygen atoms in total. The number of hydrogen-bond donors (Lipinski definition) is 2. The number of benzene rings is 1. The fraction of sp³-hybridized carbons (Fsp3) is 0.433. The molecule has 0 saturated carbocycles. The highest BCUT2D eigenvalue weighted by molar-refractivity contribution is 6.33. The number of carbonyl (C=O) groups is 1. The lowest BCUT2D eigenvalue weighted by Gasteiger charge is -2.22. The van der Waals surface area contributed by atoms with Gasteiger partial charge in [-0.1, -0.05) is 24.9 Å². The van der Waals surface area contributed by atoms with Crippen LogP contribution in [0.2, 0.25) is 5.02 Å². The predicted molar refractivity (Wildman–Crippen MR) is 162 cm³/mol. The molecule has 1 aliphatic rings. The van der Waals surface area contributed by atoms with Gasteiger partial charge in [-0.15, -0.1) is 0 Å². The third-order valence-corrected chi connectivity index (χ3v) is 7.43. The number of allylic oxidation sites excluding steroid dienone is 2. The van der Waals surface area contributed by atoms with Gasteiger partial charge < -0.3 is 25.4 Å². The van der Waals surface area contributed by atoms with Gasteiger partial charge in [-0.25, -0.2) is 19.9 Å². The van der Waals surface area contributed by atoms with Crippen molar-refractivity contribution in [3.05, 3.63) is 57.6 Å². The standard InChI is InChI=1S/C30H38ClN7O3/c1-7-9-21(40)16-41-22-10-11-24(31)23(12-22)28-35-27(26(18(4)32)19(5)39)17(3)29(36-28)38-14-20-13-33-30(37(6)8-2)34-25(20)15-38/h10-13,21,40H,7-9,14-16,32H2,1-6H3/t21-/m1/s1. The van der Waals surface area contributed by atoms with E-state index in [1.165, 1.54) is 6.92 Å². The molecular formula is C30H38ClN7O3. The fourth-order valence-electron chi connectivity index (χ4n) is 4.80. The van der Waals surface area contributed by atoms with E-state index >= 15 is 0 Å². The lowest BCUT2D eigenvalue weighted by Crippen LogP contribution is -2.21. The quantitative estimate of drug-likeness (QED) is 0.308. The Labute approximate surface area is 246 Å². The second-order valence-corrected chi connectivity index (χ2v) is 10.8. The van der Waals surface area contributed by atoms with Crippen molar-refractivity contribution in [1.82, 2.24) is 19.9 Å². The van der Waals surface area contributed by atoms with E-state index in [0.717, 1.165) is 29.8 Å². The molecule has 11 heteroatoms. The van der Waals surface area contributed by atoms with Gasteiger partial charge in [0.15, 0.2) is 11.6 Å². The summed E-state index contributed by atoms with van der Waals surface area (Å²) in [5.74, 6) is 1.98. The minimum atomic E-state index is -0.568. The van der Waals surface area contributed by atoms with Gasteiger partial charge in [0.25, 0.3) is 0 Å². The van der Waals surface area contributed by atoms with E-state index in [2.05, 4.69) is 9.88 Å². The van der Waals surface area contributed by atoms with Crippen molar-refractivity contribution in [1.29, 1.82) is 0 Å². The number of Topliss-reactive ketones (excluding diaryl/α,β-unsaturated/α-hetero) is 1. The zero-order valence-electron chi connectivity index (χ0n) is 24.5. The first-order valence-corrected chi connectivity index (χ1v) is 14.2. The van der Waals surface area contributed by atoms with Crippen LogP contribution in [0.4, 0.5) is 11.8 Å². The molecule has 1 atom stereocenters. The van der Waals surface area contributed by atoms with Crippen LogP contribution < -0.4 is 20.3 Å². The van der Waals surface area contributed by atoms with Crippen LogP contribution in [0.1, 0.15) is 63.1 Å². The van der Waals surface area contributed by atoms with Crippen molar-refractivity contribution in [2.45, 2.75) is 66.7 Å². The van der Waals surface area contributed by atoms with Gasteiger partial charge in [0.1, 0.15) is 18.2 Å². The van der Waals surface area contributed by atoms with Gasteiger partial charge >= 0.3 is 0 Å². The maximum atomic E-state index is 12.7. The third-order valence-electron chi connectivity index (χ3n) is 7.10. The Morgan fingerprint density at radius 1 is 1.22 bits per heavy atom. The highest BCUT2D eigenvalue weighted by Gasteiger charge is 2.28. The smallest absolute Gasteiger partial charge is 0.225 e. The van der Waals surface area contributed by atoms with E-state index in [9.17, 15) is 9.90 Å². The second kappa shape index (κ2) is 12.8. The minimum Gasteiger partial charge on any atom is -0.491 e. The number of carbonyl (C=O) groups excluding carboxylic acids is 1. The molecule has 0 amide bonds. The summed E-state index contributed by atoms with van der Waals surface area (Å²) in [5, 5.41) is 10.6. The zero-order valence-corrected chi connectivity index (χ0v) is 25.3. The Hall–Kier alpha value is -3.76. The number of rotatable bonds is 11. The van der Waals surface area contributed by atoms with Gasteiger partial charge in [0, 0.05) is 48.7 Å². The molecule has 0 bridgehead atoms. The SMILES string of the molecule is CCC[C@@H](O)COc1ccc(Cl)c(-c2nc(C(C(C)=O)=C(C)N)c(C)c(N3Cc4cnc(N(C)CC)nc4C3)n2)c1. The zero-order chi connectivity index (χ0) is 29.8. The minimum absolute atomic E-state index is 0.159. The largest absolute Gasteiger partial charge is 0.491 e. The Balaban J connectivity index is 1.81. The molecule has 0 fully saturated rings. The average Bonchev–Trinajstić information content (AvgIpc) is 3.36. The summed E-state index contributed by atoms with van der Waals surface area (Å²) in [6, 6.07) is 5.21. The molecule has 3 heterocycles. The summed E-state index contributed by atoms with van der Waals surface area (Å²) in [6.07, 6.45) is 2.79. The van der Waals surface area contributed by atoms with Crippen molar-refractivity contribution in [3.8, 4) is 17.1 Å². The normalized spacial score (nSPS) is 14.0. The number of nitrogens with two attached hydrogens (primary N) is 1. The fourth-order valence-corrected chi connectivity index (χ4v) is 5.00. The number of ether oxygens (including phenoxy) is 1. The Morgan fingerprint density at radius 3 is 2.63 bits per heavy atom. The Bertz CT molecular complexity index is 1470. The first-order chi connectivity index (χ1) is 19.5. The Morgan fingerprint density at radius 2 is 1.98 bits per heavy atom. The van der Waals surface area contributed by atoms with Gasteiger partial charge in [-0.2, -0.15) is 0 Å².